The number of rotatable bonds is 5. The molecule has 0 radical (unpaired) electrons. The maximum atomic E-state index is 11.3. The molecule has 0 aliphatic carbocycles. The van der Waals surface area contributed by atoms with Gasteiger partial charge in [-0.1, -0.05) is 0 Å². The Bertz CT molecular complexity index is 333. The molecule has 0 saturated heterocycles. The van der Waals surface area contributed by atoms with Crippen LogP contribution in [-0.2, 0) is 9.53 Å². The second kappa shape index (κ2) is 6.49. The van der Waals surface area contributed by atoms with Gasteiger partial charge in [0.25, 0.3) is 5.91 Å². The summed E-state index contributed by atoms with van der Waals surface area (Å²) in [4.78, 5) is 15.3. The lowest BCUT2D eigenvalue weighted by molar-refractivity contribution is -0.120. The highest BCUT2D eigenvalue weighted by atomic mass is 79.9. The molecule has 1 heterocycles. The normalized spacial score (nSPS) is 10.0. The fourth-order valence-electron chi connectivity index (χ4n) is 0.894. The van der Waals surface area contributed by atoms with E-state index in [2.05, 4.69) is 26.2 Å². The van der Waals surface area contributed by atoms with Gasteiger partial charge < -0.3 is 15.8 Å². The van der Waals surface area contributed by atoms with Gasteiger partial charge in [-0.15, -0.1) is 0 Å². The largest absolute Gasteiger partial charge is 0.370 e. The Morgan fingerprint density at radius 2 is 2.47 bits per heavy atom. The van der Waals surface area contributed by atoms with Crippen LogP contribution in [0.25, 0.3) is 0 Å². The van der Waals surface area contributed by atoms with E-state index in [0.717, 1.165) is 4.47 Å². The van der Waals surface area contributed by atoms with E-state index in [-0.39, 0.29) is 12.5 Å². The molecule has 0 bridgehead atoms. The molecule has 1 amide bonds. The first-order valence-electron chi connectivity index (χ1n) is 4.42. The molecule has 0 saturated carbocycles. The molecule has 1 aromatic rings. The summed E-state index contributed by atoms with van der Waals surface area (Å²) < 4.78 is 5.71. The highest BCUT2D eigenvalue weighted by Gasteiger charge is 2.05. The number of hydrogen-bond acceptors (Lipinski definition) is 4. The summed E-state index contributed by atoms with van der Waals surface area (Å²) in [6, 6.07) is 3.56. The zero-order valence-corrected chi connectivity index (χ0v) is 9.66. The number of carbonyl (C=O) groups is 1. The van der Waals surface area contributed by atoms with Gasteiger partial charge in [-0.25, -0.2) is 4.98 Å². The average molecular weight is 274 g/mol. The molecule has 0 atom stereocenters. The molecule has 0 fully saturated rings. The number of anilines is 1. The van der Waals surface area contributed by atoms with Crippen LogP contribution in [0, 0.1) is 0 Å². The number of aromatic nitrogens is 1. The summed E-state index contributed by atoms with van der Waals surface area (Å²) in [6.07, 6.45) is 1.60. The lowest BCUT2D eigenvalue weighted by Crippen LogP contribution is -2.21. The SMILES string of the molecule is NCCOCC(=O)Nc1ncccc1Br. The van der Waals surface area contributed by atoms with E-state index in [1.54, 1.807) is 18.3 Å². The maximum Gasteiger partial charge on any atom is 0.251 e. The van der Waals surface area contributed by atoms with Crippen molar-refractivity contribution in [3.63, 3.8) is 0 Å². The third-order valence-corrected chi connectivity index (χ3v) is 2.15. The van der Waals surface area contributed by atoms with Crippen molar-refractivity contribution in [2.24, 2.45) is 5.73 Å². The van der Waals surface area contributed by atoms with Gasteiger partial charge in [0, 0.05) is 12.7 Å². The predicted octanol–water partition coefficient (Wildman–Crippen LogP) is 0.758. The van der Waals surface area contributed by atoms with Crippen LogP contribution < -0.4 is 11.1 Å². The Hall–Kier alpha value is -0.980. The number of nitrogens with one attached hydrogen (secondary N) is 1. The monoisotopic (exact) mass is 273 g/mol. The van der Waals surface area contributed by atoms with Crippen molar-refractivity contribution in [2.45, 2.75) is 0 Å². The summed E-state index contributed by atoms with van der Waals surface area (Å²) in [6.45, 7) is 0.761. The highest BCUT2D eigenvalue weighted by Crippen LogP contribution is 2.17. The minimum atomic E-state index is -0.247. The number of nitrogens with two attached hydrogens (primary N) is 1. The van der Waals surface area contributed by atoms with E-state index < -0.39 is 0 Å². The molecule has 0 aliphatic rings. The van der Waals surface area contributed by atoms with E-state index in [1.165, 1.54) is 0 Å². The number of nitrogens with zero attached hydrogens (tertiary/aromatic N) is 1. The summed E-state index contributed by atoms with van der Waals surface area (Å²) in [7, 11) is 0. The quantitative estimate of drug-likeness (QED) is 0.777. The summed E-state index contributed by atoms with van der Waals surface area (Å²) in [5, 5.41) is 2.61. The third-order valence-electron chi connectivity index (χ3n) is 1.51. The van der Waals surface area contributed by atoms with Crippen LogP contribution in [0.2, 0.25) is 0 Å². The Labute approximate surface area is 96.1 Å². The van der Waals surface area contributed by atoms with E-state index in [4.69, 9.17) is 10.5 Å². The van der Waals surface area contributed by atoms with Crippen LogP contribution in [0.5, 0.6) is 0 Å². The molecular formula is C9H12BrN3O2. The standard InChI is InChI=1S/C9H12BrN3O2/c10-7-2-1-4-12-9(7)13-8(14)6-15-5-3-11/h1-2,4H,3,5-6,11H2,(H,12,13,14). The number of carbonyl (C=O) groups excluding carboxylic acids is 1. The molecular weight excluding hydrogens is 262 g/mol. The van der Waals surface area contributed by atoms with Crippen LogP contribution >= 0.6 is 15.9 Å². The first-order valence-corrected chi connectivity index (χ1v) is 5.21. The zero-order valence-electron chi connectivity index (χ0n) is 8.07. The van der Waals surface area contributed by atoms with Crippen LogP contribution in [0.1, 0.15) is 0 Å². The second-order valence-corrected chi connectivity index (χ2v) is 3.58. The smallest absolute Gasteiger partial charge is 0.251 e. The topological polar surface area (TPSA) is 77.2 Å². The van der Waals surface area contributed by atoms with Crippen molar-refractivity contribution >= 4 is 27.7 Å². The van der Waals surface area contributed by atoms with E-state index >= 15 is 0 Å². The molecule has 0 aromatic carbocycles. The fraction of sp³-hybridized carbons (Fsp3) is 0.333. The molecule has 6 heteroatoms. The lowest BCUT2D eigenvalue weighted by Gasteiger charge is -2.05. The van der Waals surface area contributed by atoms with Gasteiger partial charge in [0.05, 0.1) is 11.1 Å². The van der Waals surface area contributed by atoms with Crippen molar-refractivity contribution in [2.75, 3.05) is 25.1 Å². The van der Waals surface area contributed by atoms with Gasteiger partial charge in [-0.3, -0.25) is 4.79 Å². The summed E-state index contributed by atoms with van der Waals surface area (Å²) in [5.74, 6) is 0.238. The van der Waals surface area contributed by atoms with Gasteiger partial charge in [-0.05, 0) is 28.1 Å². The Morgan fingerprint density at radius 3 is 3.13 bits per heavy atom. The lowest BCUT2D eigenvalue weighted by atomic mass is 10.4. The molecule has 1 rings (SSSR count). The van der Waals surface area contributed by atoms with Crippen LogP contribution in [0.3, 0.4) is 0 Å². The van der Waals surface area contributed by atoms with Gasteiger partial charge in [0.1, 0.15) is 12.4 Å². The van der Waals surface area contributed by atoms with Crippen molar-refractivity contribution in [1.82, 2.24) is 4.98 Å². The number of hydrogen-bond donors (Lipinski definition) is 2. The van der Waals surface area contributed by atoms with E-state index in [1.807, 2.05) is 0 Å². The van der Waals surface area contributed by atoms with E-state index in [0.29, 0.717) is 19.0 Å². The first-order chi connectivity index (χ1) is 7.24. The highest BCUT2D eigenvalue weighted by molar-refractivity contribution is 9.10. The first kappa shape index (κ1) is 12.1. The number of halogens is 1. The molecule has 0 aliphatic heterocycles. The summed E-state index contributed by atoms with van der Waals surface area (Å²) >= 11 is 3.27. The van der Waals surface area contributed by atoms with Gasteiger partial charge in [-0.2, -0.15) is 0 Å². The molecule has 15 heavy (non-hydrogen) atoms. The Kier molecular flexibility index (Phi) is 5.23. The van der Waals surface area contributed by atoms with E-state index in [9.17, 15) is 4.79 Å². The molecule has 3 N–H and O–H groups in total. The number of amides is 1. The van der Waals surface area contributed by atoms with Crippen molar-refractivity contribution < 1.29 is 9.53 Å². The second-order valence-electron chi connectivity index (χ2n) is 2.72. The molecule has 82 valence electrons. The Balaban J connectivity index is 2.41. The van der Waals surface area contributed by atoms with Crippen LogP contribution in [-0.4, -0.2) is 30.6 Å². The minimum Gasteiger partial charge on any atom is -0.370 e. The third kappa shape index (κ3) is 4.37. The molecule has 0 spiro atoms. The Morgan fingerprint density at radius 1 is 1.67 bits per heavy atom. The van der Waals surface area contributed by atoms with Gasteiger partial charge in [0.15, 0.2) is 0 Å². The van der Waals surface area contributed by atoms with Gasteiger partial charge in [0.2, 0.25) is 0 Å². The zero-order chi connectivity index (χ0) is 11.1. The summed E-state index contributed by atoms with van der Waals surface area (Å²) in [5.41, 5.74) is 5.21. The molecule has 0 unspecified atom stereocenters. The minimum absolute atomic E-state index is 0.0137. The van der Waals surface area contributed by atoms with Gasteiger partial charge >= 0.3 is 0 Å². The number of ether oxygens (including phenoxy) is 1. The van der Waals surface area contributed by atoms with Crippen LogP contribution in [0.15, 0.2) is 22.8 Å². The average Bonchev–Trinajstić information content (AvgIpc) is 2.22. The van der Waals surface area contributed by atoms with Crippen molar-refractivity contribution in [3.8, 4) is 0 Å². The molecule has 5 nitrogen and oxygen atoms in total. The maximum absolute atomic E-state index is 11.3. The van der Waals surface area contributed by atoms with Crippen molar-refractivity contribution in [1.29, 1.82) is 0 Å². The van der Waals surface area contributed by atoms with Crippen molar-refractivity contribution in [3.05, 3.63) is 22.8 Å². The fourth-order valence-corrected chi connectivity index (χ4v) is 1.25. The molecule has 1 aromatic heterocycles. The van der Waals surface area contributed by atoms with Crippen LogP contribution in [0.4, 0.5) is 5.82 Å². The number of pyridine rings is 1. The predicted molar refractivity (Wildman–Crippen MR) is 60.4 cm³/mol.